The van der Waals surface area contributed by atoms with Crippen LogP contribution in [0.4, 0.5) is 0 Å². The average molecular weight is 310 g/mol. The molecule has 21 heavy (non-hydrogen) atoms. The van der Waals surface area contributed by atoms with E-state index in [0.717, 1.165) is 37.9 Å². The van der Waals surface area contributed by atoms with E-state index in [-0.39, 0.29) is 11.8 Å². The number of carbonyl (C=O) groups is 1. The number of piperidine rings is 1. The second-order valence-corrected chi connectivity index (χ2v) is 6.48. The summed E-state index contributed by atoms with van der Waals surface area (Å²) in [7, 11) is 0. The van der Waals surface area contributed by atoms with Crippen LogP contribution in [0.3, 0.4) is 0 Å². The van der Waals surface area contributed by atoms with E-state index in [9.17, 15) is 9.90 Å². The molecular formula is C17H24ClNO2. The van der Waals surface area contributed by atoms with Crippen LogP contribution in [-0.4, -0.2) is 34.6 Å². The lowest BCUT2D eigenvalue weighted by Crippen LogP contribution is -2.47. The predicted molar refractivity (Wildman–Crippen MR) is 85.4 cm³/mol. The first-order valence-corrected chi connectivity index (χ1v) is 8.05. The van der Waals surface area contributed by atoms with Gasteiger partial charge in [0, 0.05) is 31.5 Å². The summed E-state index contributed by atoms with van der Waals surface area (Å²) in [5.74, 6) is 0.375. The number of nitrogens with zero attached hydrogens (tertiary/aromatic N) is 1. The standard InChI is InChI=1S/C17H24ClNO2/c1-3-17(21,12-14-4-6-16(18)7-5-14)15-8-10-19(11-9-15)13(2)20/h4-7,15,21H,3,8-12H2,1-2H3. The largest absolute Gasteiger partial charge is 0.389 e. The van der Waals surface area contributed by atoms with Gasteiger partial charge in [-0.3, -0.25) is 4.79 Å². The lowest BCUT2D eigenvalue weighted by molar-refractivity contribution is -0.132. The molecule has 0 saturated carbocycles. The number of rotatable bonds is 4. The first kappa shape index (κ1) is 16.3. The van der Waals surface area contributed by atoms with E-state index < -0.39 is 5.60 Å². The molecule has 2 rings (SSSR count). The van der Waals surface area contributed by atoms with E-state index in [1.807, 2.05) is 36.1 Å². The van der Waals surface area contributed by atoms with Crippen molar-refractivity contribution in [3.8, 4) is 0 Å². The van der Waals surface area contributed by atoms with Crippen molar-refractivity contribution >= 4 is 17.5 Å². The fourth-order valence-electron chi connectivity index (χ4n) is 3.25. The fraction of sp³-hybridized carbons (Fsp3) is 0.588. The molecule has 1 N–H and O–H groups in total. The van der Waals surface area contributed by atoms with Crippen molar-refractivity contribution in [2.24, 2.45) is 5.92 Å². The van der Waals surface area contributed by atoms with Crippen LogP contribution < -0.4 is 0 Å². The van der Waals surface area contributed by atoms with E-state index in [1.165, 1.54) is 0 Å². The summed E-state index contributed by atoms with van der Waals surface area (Å²) in [4.78, 5) is 13.3. The Morgan fingerprint density at radius 1 is 1.33 bits per heavy atom. The molecule has 116 valence electrons. The van der Waals surface area contributed by atoms with Gasteiger partial charge in [0.25, 0.3) is 0 Å². The van der Waals surface area contributed by atoms with Gasteiger partial charge in [0.05, 0.1) is 5.60 Å². The molecule has 1 aliphatic heterocycles. The lowest BCUT2D eigenvalue weighted by atomic mass is 9.75. The van der Waals surface area contributed by atoms with Gasteiger partial charge in [0.1, 0.15) is 0 Å². The van der Waals surface area contributed by atoms with Crippen LogP contribution in [0.2, 0.25) is 5.02 Å². The molecule has 1 unspecified atom stereocenters. The van der Waals surface area contributed by atoms with E-state index >= 15 is 0 Å². The molecule has 0 radical (unpaired) electrons. The maximum absolute atomic E-state index is 11.4. The smallest absolute Gasteiger partial charge is 0.219 e. The summed E-state index contributed by atoms with van der Waals surface area (Å²) in [5.41, 5.74) is 0.411. The van der Waals surface area contributed by atoms with Gasteiger partial charge in [-0.2, -0.15) is 0 Å². The highest BCUT2D eigenvalue weighted by Crippen LogP contribution is 2.34. The minimum absolute atomic E-state index is 0.131. The highest BCUT2D eigenvalue weighted by Gasteiger charge is 2.37. The first-order chi connectivity index (χ1) is 9.94. The molecule has 0 bridgehead atoms. The topological polar surface area (TPSA) is 40.5 Å². The molecule has 1 aromatic rings. The third kappa shape index (κ3) is 3.98. The van der Waals surface area contributed by atoms with Crippen molar-refractivity contribution in [3.05, 3.63) is 34.9 Å². The number of hydrogen-bond acceptors (Lipinski definition) is 2. The number of hydrogen-bond donors (Lipinski definition) is 1. The zero-order chi connectivity index (χ0) is 15.5. The van der Waals surface area contributed by atoms with Gasteiger partial charge in [-0.25, -0.2) is 0 Å². The van der Waals surface area contributed by atoms with Gasteiger partial charge in [0.2, 0.25) is 5.91 Å². The van der Waals surface area contributed by atoms with Crippen LogP contribution in [0.15, 0.2) is 24.3 Å². The Labute approximate surface area is 131 Å². The summed E-state index contributed by atoms with van der Waals surface area (Å²) in [6.07, 6.45) is 3.11. The van der Waals surface area contributed by atoms with E-state index in [0.29, 0.717) is 11.4 Å². The van der Waals surface area contributed by atoms with Crippen molar-refractivity contribution in [2.75, 3.05) is 13.1 Å². The van der Waals surface area contributed by atoms with Crippen molar-refractivity contribution in [3.63, 3.8) is 0 Å². The zero-order valence-corrected chi connectivity index (χ0v) is 13.6. The highest BCUT2D eigenvalue weighted by molar-refractivity contribution is 6.30. The van der Waals surface area contributed by atoms with E-state index in [4.69, 9.17) is 11.6 Å². The van der Waals surface area contributed by atoms with Crippen molar-refractivity contribution in [2.45, 2.75) is 45.1 Å². The summed E-state index contributed by atoms with van der Waals surface area (Å²) < 4.78 is 0. The molecule has 1 amide bonds. The molecule has 0 aliphatic carbocycles. The van der Waals surface area contributed by atoms with Gasteiger partial charge in [-0.1, -0.05) is 30.7 Å². The monoisotopic (exact) mass is 309 g/mol. The zero-order valence-electron chi connectivity index (χ0n) is 12.8. The maximum Gasteiger partial charge on any atom is 0.219 e. The minimum atomic E-state index is -0.698. The Morgan fingerprint density at radius 3 is 2.38 bits per heavy atom. The Morgan fingerprint density at radius 2 is 1.90 bits per heavy atom. The molecule has 1 atom stereocenters. The third-order valence-corrected chi connectivity index (χ3v) is 4.99. The molecule has 1 aliphatic rings. The molecule has 1 aromatic carbocycles. The van der Waals surface area contributed by atoms with Gasteiger partial charge in [-0.15, -0.1) is 0 Å². The van der Waals surface area contributed by atoms with Crippen LogP contribution in [-0.2, 0) is 11.2 Å². The van der Waals surface area contributed by atoms with E-state index in [2.05, 4.69) is 0 Å². The Balaban J connectivity index is 2.04. The van der Waals surface area contributed by atoms with Crippen molar-refractivity contribution < 1.29 is 9.90 Å². The summed E-state index contributed by atoms with van der Waals surface area (Å²) in [5, 5.41) is 11.8. The minimum Gasteiger partial charge on any atom is -0.389 e. The summed E-state index contributed by atoms with van der Waals surface area (Å²) >= 11 is 5.91. The van der Waals surface area contributed by atoms with Crippen LogP contribution >= 0.6 is 11.6 Å². The molecule has 1 fully saturated rings. The number of benzene rings is 1. The Kier molecular flexibility index (Phi) is 5.28. The quantitative estimate of drug-likeness (QED) is 0.927. The first-order valence-electron chi connectivity index (χ1n) is 7.67. The number of aliphatic hydroxyl groups is 1. The van der Waals surface area contributed by atoms with Crippen LogP contribution in [0.5, 0.6) is 0 Å². The van der Waals surface area contributed by atoms with Gasteiger partial charge >= 0.3 is 0 Å². The molecule has 1 heterocycles. The Hall–Kier alpha value is -1.06. The molecule has 1 saturated heterocycles. The van der Waals surface area contributed by atoms with E-state index in [1.54, 1.807) is 6.92 Å². The number of likely N-dealkylation sites (tertiary alicyclic amines) is 1. The molecular weight excluding hydrogens is 286 g/mol. The fourth-order valence-corrected chi connectivity index (χ4v) is 3.37. The Bertz CT molecular complexity index is 480. The molecule has 0 spiro atoms. The molecule has 3 nitrogen and oxygen atoms in total. The molecule has 0 aromatic heterocycles. The number of amides is 1. The van der Waals surface area contributed by atoms with Gasteiger partial charge in [0.15, 0.2) is 0 Å². The van der Waals surface area contributed by atoms with Crippen LogP contribution in [0.1, 0.15) is 38.7 Å². The maximum atomic E-state index is 11.4. The number of carbonyl (C=O) groups excluding carboxylic acids is 1. The van der Waals surface area contributed by atoms with Crippen LogP contribution in [0, 0.1) is 5.92 Å². The van der Waals surface area contributed by atoms with Crippen molar-refractivity contribution in [1.29, 1.82) is 0 Å². The van der Waals surface area contributed by atoms with Gasteiger partial charge in [-0.05, 0) is 42.9 Å². The highest BCUT2D eigenvalue weighted by atomic mass is 35.5. The van der Waals surface area contributed by atoms with Crippen molar-refractivity contribution in [1.82, 2.24) is 4.90 Å². The second kappa shape index (κ2) is 6.80. The predicted octanol–water partition coefficient (Wildman–Crippen LogP) is 3.28. The molecule has 4 heteroatoms. The summed E-state index contributed by atoms with van der Waals surface area (Å²) in [6.45, 7) is 5.15. The summed E-state index contributed by atoms with van der Waals surface area (Å²) in [6, 6.07) is 7.69. The third-order valence-electron chi connectivity index (χ3n) is 4.74. The number of halogens is 1. The average Bonchev–Trinajstić information content (AvgIpc) is 2.49. The second-order valence-electron chi connectivity index (χ2n) is 6.04. The van der Waals surface area contributed by atoms with Crippen LogP contribution in [0.25, 0.3) is 0 Å². The lowest BCUT2D eigenvalue weighted by Gasteiger charge is -2.41. The van der Waals surface area contributed by atoms with Gasteiger partial charge < -0.3 is 10.0 Å². The SMILES string of the molecule is CCC(O)(Cc1ccc(Cl)cc1)C1CCN(C(C)=O)CC1. The normalized spacial score (nSPS) is 19.3.